The third kappa shape index (κ3) is 2.90. The van der Waals surface area contributed by atoms with Crippen LogP contribution in [-0.2, 0) is 0 Å². The van der Waals surface area contributed by atoms with Crippen molar-refractivity contribution in [2.45, 2.75) is 6.18 Å². The molecule has 1 heterocycles. The van der Waals surface area contributed by atoms with Gasteiger partial charge in [-0.05, 0) is 12.1 Å². The zero-order valence-corrected chi connectivity index (χ0v) is 9.44. The highest BCUT2D eigenvalue weighted by atomic mass is 19.4. The maximum absolute atomic E-state index is 12.2. The highest BCUT2D eigenvalue weighted by Crippen LogP contribution is 2.31. The number of hydrogen-bond donors (Lipinski definition) is 1. The van der Waals surface area contributed by atoms with E-state index in [0.29, 0.717) is 5.39 Å². The largest absolute Gasteiger partial charge is 0.405 e. The van der Waals surface area contributed by atoms with Crippen LogP contribution in [0.1, 0.15) is 0 Å². The van der Waals surface area contributed by atoms with E-state index in [1.54, 1.807) is 0 Å². The Labute approximate surface area is 105 Å². The van der Waals surface area contributed by atoms with Crippen molar-refractivity contribution in [1.29, 1.82) is 0 Å². The fourth-order valence-electron chi connectivity index (χ4n) is 1.68. The van der Waals surface area contributed by atoms with Gasteiger partial charge in [0.2, 0.25) is 0 Å². The smallest absolute Gasteiger partial charge is 0.376 e. The Balaban J connectivity index is 2.47. The molecule has 2 aromatic rings. The van der Waals surface area contributed by atoms with Gasteiger partial charge in [0.1, 0.15) is 6.54 Å². The molecule has 1 aromatic heterocycles. The molecule has 0 aliphatic heterocycles. The average Bonchev–Trinajstić information content (AvgIpc) is 2.34. The number of aromatic nitrogens is 1. The molecule has 0 radical (unpaired) electrons. The molecule has 0 atom stereocenters. The summed E-state index contributed by atoms with van der Waals surface area (Å²) in [6, 6.07) is 3.84. The Morgan fingerprint density at radius 3 is 2.63 bits per heavy atom. The van der Waals surface area contributed by atoms with Crippen LogP contribution in [0.15, 0.2) is 30.6 Å². The number of benzene rings is 1. The van der Waals surface area contributed by atoms with E-state index in [1.165, 1.54) is 24.5 Å². The van der Waals surface area contributed by atoms with Gasteiger partial charge in [-0.15, -0.1) is 0 Å². The van der Waals surface area contributed by atoms with Crippen LogP contribution in [0.3, 0.4) is 0 Å². The predicted octanol–water partition coefficient (Wildman–Crippen LogP) is 3.12. The van der Waals surface area contributed by atoms with E-state index in [2.05, 4.69) is 10.3 Å². The number of rotatable bonds is 3. The van der Waals surface area contributed by atoms with Gasteiger partial charge in [0.05, 0.1) is 10.3 Å². The molecular formula is C11H8F3N3O2. The molecule has 100 valence electrons. The third-order valence-electron chi connectivity index (χ3n) is 2.47. The summed E-state index contributed by atoms with van der Waals surface area (Å²) in [5.41, 5.74) is -0.0130. The van der Waals surface area contributed by atoms with Crippen molar-refractivity contribution in [2.75, 3.05) is 11.9 Å². The molecule has 8 heteroatoms. The van der Waals surface area contributed by atoms with Gasteiger partial charge in [0.25, 0.3) is 5.69 Å². The van der Waals surface area contributed by atoms with Crippen molar-refractivity contribution in [3.63, 3.8) is 0 Å². The topological polar surface area (TPSA) is 68.1 Å². The molecule has 0 unspecified atom stereocenters. The van der Waals surface area contributed by atoms with Crippen LogP contribution in [0.25, 0.3) is 10.8 Å². The molecule has 0 bridgehead atoms. The van der Waals surface area contributed by atoms with Gasteiger partial charge in [-0.25, -0.2) is 0 Å². The summed E-state index contributed by atoms with van der Waals surface area (Å²) in [6.45, 7) is -1.21. The number of nitrogens with zero attached hydrogens (tertiary/aromatic N) is 2. The summed E-state index contributed by atoms with van der Waals surface area (Å²) in [6.07, 6.45) is -1.74. The van der Waals surface area contributed by atoms with E-state index < -0.39 is 17.6 Å². The van der Waals surface area contributed by atoms with Crippen LogP contribution in [-0.4, -0.2) is 22.6 Å². The fraction of sp³-hybridized carbons (Fsp3) is 0.182. The molecule has 0 aliphatic rings. The molecule has 5 nitrogen and oxygen atoms in total. The fourth-order valence-corrected chi connectivity index (χ4v) is 1.68. The first kappa shape index (κ1) is 13.1. The second kappa shape index (κ2) is 4.71. The lowest BCUT2D eigenvalue weighted by Gasteiger charge is -2.11. The van der Waals surface area contributed by atoms with Crippen LogP contribution in [0, 0.1) is 10.1 Å². The SMILES string of the molecule is O=[N+]([O-])c1ccc(NCC(F)(F)F)c2ccncc12. The van der Waals surface area contributed by atoms with Crippen molar-refractivity contribution < 1.29 is 18.1 Å². The Kier molecular flexibility index (Phi) is 3.24. The zero-order chi connectivity index (χ0) is 14.0. The van der Waals surface area contributed by atoms with E-state index in [1.807, 2.05) is 0 Å². The minimum absolute atomic E-state index is 0.181. The quantitative estimate of drug-likeness (QED) is 0.688. The van der Waals surface area contributed by atoms with Gasteiger partial charge in [0, 0.05) is 29.5 Å². The summed E-state index contributed by atoms with van der Waals surface area (Å²) in [4.78, 5) is 14.0. The monoisotopic (exact) mass is 271 g/mol. The van der Waals surface area contributed by atoms with Gasteiger partial charge in [-0.3, -0.25) is 15.1 Å². The second-order valence-corrected chi connectivity index (χ2v) is 3.78. The first-order chi connectivity index (χ1) is 8.88. The van der Waals surface area contributed by atoms with Crippen molar-refractivity contribution in [3.05, 3.63) is 40.7 Å². The highest BCUT2D eigenvalue weighted by molar-refractivity contribution is 5.99. The highest BCUT2D eigenvalue weighted by Gasteiger charge is 2.27. The first-order valence-corrected chi connectivity index (χ1v) is 5.20. The van der Waals surface area contributed by atoms with E-state index in [0.717, 1.165) is 6.07 Å². The number of halogens is 3. The number of non-ortho nitro benzene ring substituents is 1. The Bertz CT molecular complexity index is 628. The molecule has 0 aliphatic carbocycles. The molecule has 0 saturated heterocycles. The molecular weight excluding hydrogens is 263 g/mol. The standard InChI is InChI=1S/C11H8F3N3O2/c12-11(13,14)6-16-9-1-2-10(17(18)19)8-5-15-4-3-7(8)9/h1-5,16H,6H2. The summed E-state index contributed by atoms with van der Waals surface area (Å²) in [5.74, 6) is 0. The van der Waals surface area contributed by atoms with Gasteiger partial charge in [-0.2, -0.15) is 13.2 Å². The molecule has 1 N–H and O–H groups in total. The number of fused-ring (bicyclic) bond motifs is 1. The van der Waals surface area contributed by atoms with Crippen molar-refractivity contribution >= 4 is 22.1 Å². The predicted molar refractivity (Wildman–Crippen MR) is 62.9 cm³/mol. The number of hydrogen-bond acceptors (Lipinski definition) is 4. The third-order valence-corrected chi connectivity index (χ3v) is 2.47. The maximum Gasteiger partial charge on any atom is 0.405 e. The number of nitro groups is 1. The summed E-state index contributed by atoms with van der Waals surface area (Å²) in [7, 11) is 0. The normalized spacial score (nSPS) is 11.5. The minimum atomic E-state index is -4.36. The van der Waals surface area contributed by atoms with Crippen LogP contribution in [0.2, 0.25) is 0 Å². The van der Waals surface area contributed by atoms with E-state index in [4.69, 9.17) is 0 Å². The van der Waals surface area contributed by atoms with E-state index in [-0.39, 0.29) is 16.8 Å². The number of alkyl halides is 3. The van der Waals surface area contributed by atoms with Crippen molar-refractivity contribution in [1.82, 2.24) is 4.98 Å². The maximum atomic E-state index is 12.2. The second-order valence-electron chi connectivity index (χ2n) is 3.78. The molecule has 0 spiro atoms. The molecule has 19 heavy (non-hydrogen) atoms. The summed E-state index contributed by atoms with van der Waals surface area (Å²) >= 11 is 0. The summed E-state index contributed by atoms with van der Waals surface area (Å²) in [5, 5.41) is 13.6. The first-order valence-electron chi connectivity index (χ1n) is 5.20. The Morgan fingerprint density at radius 1 is 1.26 bits per heavy atom. The van der Waals surface area contributed by atoms with Crippen LogP contribution >= 0.6 is 0 Å². The number of nitrogens with one attached hydrogen (secondary N) is 1. The van der Waals surface area contributed by atoms with E-state index >= 15 is 0 Å². The lowest BCUT2D eigenvalue weighted by Crippen LogP contribution is -2.21. The van der Waals surface area contributed by atoms with Crippen LogP contribution in [0.4, 0.5) is 24.5 Å². The van der Waals surface area contributed by atoms with E-state index in [9.17, 15) is 23.3 Å². The van der Waals surface area contributed by atoms with Crippen LogP contribution in [0.5, 0.6) is 0 Å². The Morgan fingerprint density at radius 2 is 2.00 bits per heavy atom. The van der Waals surface area contributed by atoms with Gasteiger partial charge >= 0.3 is 6.18 Å². The average molecular weight is 271 g/mol. The molecule has 2 rings (SSSR count). The van der Waals surface area contributed by atoms with Gasteiger partial charge in [-0.1, -0.05) is 0 Å². The number of pyridine rings is 1. The lowest BCUT2D eigenvalue weighted by atomic mass is 10.1. The number of anilines is 1. The molecule has 0 fully saturated rings. The Hall–Kier alpha value is -2.38. The van der Waals surface area contributed by atoms with Gasteiger partial charge in [0.15, 0.2) is 0 Å². The minimum Gasteiger partial charge on any atom is -0.376 e. The zero-order valence-electron chi connectivity index (χ0n) is 9.44. The lowest BCUT2D eigenvalue weighted by molar-refractivity contribution is -0.383. The van der Waals surface area contributed by atoms with Crippen molar-refractivity contribution in [3.8, 4) is 0 Å². The molecule has 0 amide bonds. The van der Waals surface area contributed by atoms with Crippen LogP contribution < -0.4 is 5.32 Å². The molecule has 1 aromatic carbocycles. The number of nitro benzene ring substituents is 1. The summed E-state index contributed by atoms with van der Waals surface area (Å²) < 4.78 is 36.5. The van der Waals surface area contributed by atoms with Gasteiger partial charge < -0.3 is 5.32 Å². The van der Waals surface area contributed by atoms with Crippen molar-refractivity contribution in [2.24, 2.45) is 0 Å². The molecule has 0 saturated carbocycles.